The molecule has 2 aliphatic rings. The fourth-order valence-electron chi connectivity index (χ4n) is 2.75. The Morgan fingerprint density at radius 3 is 2.95 bits per heavy atom. The van der Waals surface area contributed by atoms with Crippen molar-refractivity contribution in [2.24, 2.45) is 5.92 Å². The van der Waals surface area contributed by atoms with Crippen molar-refractivity contribution < 1.29 is 13.6 Å². The molecule has 1 aliphatic heterocycles. The maximum Gasteiger partial charge on any atom is 0.255 e. The Morgan fingerprint density at radius 1 is 1.40 bits per heavy atom. The van der Waals surface area contributed by atoms with Crippen LogP contribution < -0.4 is 10.2 Å². The quantitative estimate of drug-likeness (QED) is 0.887. The van der Waals surface area contributed by atoms with Crippen molar-refractivity contribution >= 4 is 11.7 Å². The van der Waals surface area contributed by atoms with Crippen LogP contribution in [0, 0.1) is 5.92 Å². The highest BCUT2D eigenvalue weighted by Crippen LogP contribution is 2.31. The molecule has 5 nitrogen and oxygen atoms in total. The number of hydrogen-bond acceptors (Lipinski definition) is 4. The maximum absolute atomic E-state index is 12.0. The number of hydrogen-bond donors (Lipinski definition) is 1. The number of anilines is 1. The largest absolute Gasteiger partial charge is 0.355 e. The van der Waals surface area contributed by atoms with E-state index < -0.39 is 13.0 Å². The van der Waals surface area contributed by atoms with Crippen molar-refractivity contribution in [2.75, 3.05) is 24.5 Å². The molecule has 3 rings (SSSR count). The average molecular weight is 282 g/mol. The Balaban J connectivity index is 1.58. The summed E-state index contributed by atoms with van der Waals surface area (Å²) in [5.74, 6) is 0.387. The molecule has 0 unspecified atom stereocenters. The molecule has 1 aliphatic carbocycles. The van der Waals surface area contributed by atoms with E-state index in [2.05, 4.69) is 15.3 Å². The number of aryl methyl sites for hydroxylation is 1. The topological polar surface area (TPSA) is 58.1 Å². The Morgan fingerprint density at radius 2 is 2.20 bits per heavy atom. The molecule has 1 aromatic heterocycles. The van der Waals surface area contributed by atoms with E-state index in [1.165, 1.54) is 5.56 Å². The van der Waals surface area contributed by atoms with E-state index in [9.17, 15) is 13.6 Å². The van der Waals surface area contributed by atoms with Gasteiger partial charge in [0.2, 0.25) is 5.91 Å². The zero-order valence-electron chi connectivity index (χ0n) is 11.0. The molecule has 1 amide bonds. The summed E-state index contributed by atoms with van der Waals surface area (Å²) in [5, 5.41) is 2.26. The lowest BCUT2D eigenvalue weighted by Crippen LogP contribution is -2.54. The van der Waals surface area contributed by atoms with Crippen LogP contribution in [0.2, 0.25) is 0 Å². The van der Waals surface area contributed by atoms with Gasteiger partial charge in [-0.1, -0.05) is 0 Å². The molecule has 0 bridgehead atoms. The second kappa shape index (κ2) is 5.30. The first-order valence-electron chi connectivity index (χ1n) is 6.78. The zero-order chi connectivity index (χ0) is 14.1. The van der Waals surface area contributed by atoms with E-state index in [-0.39, 0.29) is 11.8 Å². The van der Waals surface area contributed by atoms with Crippen molar-refractivity contribution in [1.29, 1.82) is 0 Å². The molecular weight excluding hydrogens is 266 g/mol. The molecule has 1 fully saturated rings. The van der Waals surface area contributed by atoms with Crippen molar-refractivity contribution in [3.8, 4) is 0 Å². The minimum atomic E-state index is -2.50. The molecule has 0 spiro atoms. The monoisotopic (exact) mass is 282 g/mol. The zero-order valence-corrected chi connectivity index (χ0v) is 11.0. The van der Waals surface area contributed by atoms with Crippen LogP contribution in [-0.4, -0.2) is 41.9 Å². The van der Waals surface area contributed by atoms with E-state index in [0.29, 0.717) is 13.1 Å². The Labute approximate surface area is 115 Å². The number of alkyl halides is 2. The van der Waals surface area contributed by atoms with E-state index >= 15 is 0 Å². The lowest BCUT2D eigenvalue weighted by molar-refractivity contribution is -0.126. The predicted octanol–water partition coefficient (Wildman–Crippen LogP) is 0.783. The Bertz CT molecular complexity index is 517. The summed E-state index contributed by atoms with van der Waals surface area (Å²) in [4.78, 5) is 22.2. The van der Waals surface area contributed by atoms with E-state index in [1.54, 1.807) is 6.33 Å². The molecular formula is C13H16F2N4O. The molecule has 108 valence electrons. The molecule has 0 atom stereocenters. The van der Waals surface area contributed by atoms with Crippen LogP contribution in [0.4, 0.5) is 14.6 Å². The number of aromatic nitrogens is 2. The van der Waals surface area contributed by atoms with Gasteiger partial charge in [-0.2, -0.15) is 0 Å². The normalized spacial score (nSPS) is 18.1. The Kier molecular flexibility index (Phi) is 3.50. The second-order valence-corrected chi connectivity index (χ2v) is 5.21. The van der Waals surface area contributed by atoms with E-state index in [1.807, 2.05) is 4.90 Å². The number of carbonyl (C=O) groups is 1. The highest BCUT2D eigenvalue weighted by molar-refractivity contribution is 5.82. The maximum atomic E-state index is 12.0. The first-order valence-corrected chi connectivity index (χ1v) is 6.78. The summed E-state index contributed by atoms with van der Waals surface area (Å²) in [6.45, 7) is 0.509. The van der Waals surface area contributed by atoms with Crippen molar-refractivity contribution in [2.45, 2.75) is 25.7 Å². The van der Waals surface area contributed by atoms with E-state index in [4.69, 9.17) is 0 Å². The summed E-state index contributed by atoms with van der Waals surface area (Å²) < 4.78 is 24.1. The number of carbonyl (C=O) groups excluding carboxylic acids is 1. The molecule has 1 aromatic rings. The van der Waals surface area contributed by atoms with E-state index in [0.717, 1.165) is 30.8 Å². The van der Waals surface area contributed by atoms with Gasteiger partial charge in [0, 0.05) is 24.3 Å². The Hall–Kier alpha value is -1.79. The summed E-state index contributed by atoms with van der Waals surface area (Å²) in [5.41, 5.74) is 2.28. The van der Waals surface area contributed by atoms with Crippen LogP contribution in [0.5, 0.6) is 0 Å². The van der Waals surface area contributed by atoms with Gasteiger partial charge in [0.1, 0.15) is 12.1 Å². The molecule has 0 aromatic carbocycles. The van der Waals surface area contributed by atoms with Crippen LogP contribution in [0.3, 0.4) is 0 Å². The summed E-state index contributed by atoms with van der Waals surface area (Å²) in [7, 11) is 0. The summed E-state index contributed by atoms with van der Waals surface area (Å²) in [6, 6.07) is 0. The van der Waals surface area contributed by atoms with Crippen LogP contribution in [0.25, 0.3) is 0 Å². The minimum Gasteiger partial charge on any atom is -0.355 e. The lowest BCUT2D eigenvalue weighted by Gasteiger charge is -2.39. The molecule has 2 heterocycles. The van der Waals surface area contributed by atoms with Crippen molar-refractivity contribution in [1.82, 2.24) is 15.3 Å². The number of halogens is 2. The number of rotatable bonds is 4. The molecule has 0 radical (unpaired) electrons. The second-order valence-electron chi connectivity index (χ2n) is 5.21. The highest BCUT2D eigenvalue weighted by atomic mass is 19.3. The minimum absolute atomic E-state index is 0.222. The summed E-state index contributed by atoms with van der Waals surface area (Å²) in [6.07, 6.45) is 2.11. The van der Waals surface area contributed by atoms with Crippen LogP contribution in [0.15, 0.2) is 6.33 Å². The third kappa shape index (κ3) is 2.44. The van der Waals surface area contributed by atoms with Crippen LogP contribution in [-0.2, 0) is 17.6 Å². The van der Waals surface area contributed by atoms with Gasteiger partial charge < -0.3 is 10.2 Å². The molecule has 1 saturated heterocycles. The average Bonchev–Trinajstić information content (AvgIpc) is 2.83. The van der Waals surface area contributed by atoms with Gasteiger partial charge in [0.05, 0.1) is 12.5 Å². The SMILES string of the molecule is O=C(NCC(F)F)C1CN(c2ncnc3c2CCC3)C1. The smallest absolute Gasteiger partial charge is 0.255 e. The molecule has 0 saturated carbocycles. The van der Waals surface area contributed by atoms with Crippen molar-refractivity contribution in [3.05, 3.63) is 17.6 Å². The molecule has 1 N–H and O–H groups in total. The predicted molar refractivity (Wildman–Crippen MR) is 68.8 cm³/mol. The van der Waals surface area contributed by atoms with Crippen LogP contribution in [0.1, 0.15) is 17.7 Å². The fourth-order valence-corrected chi connectivity index (χ4v) is 2.75. The fraction of sp³-hybridized carbons (Fsp3) is 0.615. The lowest BCUT2D eigenvalue weighted by atomic mass is 9.98. The van der Waals surface area contributed by atoms with Gasteiger partial charge in [0.15, 0.2) is 0 Å². The van der Waals surface area contributed by atoms with Crippen molar-refractivity contribution in [3.63, 3.8) is 0 Å². The third-order valence-electron chi connectivity index (χ3n) is 3.83. The van der Waals surface area contributed by atoms with Gasteiger partial charge in [-0.15, -0.1) is 0 Å². The summed E-state index contributed by atoms with van der Waals surface area (Å²) >= 11 is 0. The number of fused-ring (bicyclic) bond motifs is 1. The highest BCUT2D eigenvalue weighted by Gasteiger charge is 2.35. The van der Waals surface area contributed by atoms with Gasteiger partial charge in [-0.05, 0) is 19.3 Å². The standard InChI is InChI=1S/C13H16F2N4O/c14-11(15)4-16-13(20)8-5-19(6-8)12-9-2-1-3-10(9)17-7-18-12/h7-8,11H,1-6H2,(H,16,20). The number of nitrogens with zero attached hydrogens (tertiary/aromatic N) is 3. The van der Waals surface area contributed by atoms with Gasteiger partial charge in [-0.25, -0.2) is 18.7 Å². The van der Waals surface area contributed by atoms with Crippen LogP contribution >= 0.6 is 0 Å². The number of amides is 1. The first kappa shape index (κ1) is 13.2. The van der Waals surface area contributed by atoms with Gasteiger partial charge in [0.25, 0.3) is 6.43 Å². The van der Waals surface area contributed by atoms with Gasteiger partial charge in [-0.3, -0.25) is 4.79 Å². The molecule has 7 heteroatoms. The third-order valence-corrected chi connectivity index (χ3v) is 3.83. The number of nitrogens with one attached hydrogen (secondary N) is 1. The molecule has 20 heavy (non-hydrogen) atoms. The van der Waals surface area contributed by atoms with Gasteiger partial charge >= 0.3 is 0 Å². The first-order chi connectivity index (χ1) is 9.65.